The largest absolute Gasteiger partial charge is 0.341 e. The molecule has 3 heterocycles. The van der Waals surface area contributed by atoms with E-state index in [-0.39, 0.29) is 17.7 Å². The first-order valence-corrected chi connectivity index (χ1v) is 11.7. The van der Waals surface area contributed by atoms with Gasteiger partial charge in [0, 0.05) is 38.0 Å². The molecule has 3 aliphatic rings. The van der Waals surface area contributed by atoms with Crippen LogP contribution < -0.4 is 0 Å². The Morgan fingerprint density at radius 3 is 2.53 bits per heavy atom. The van der Waals surface area contributed by atoms with Crippen molar-refractivity contribution < 1.29 is 9.59 Å². The first-order valence-electron chi connectivity index (χ1n) is 11.7. The second-order valence-corrected chi connectivity index (χ2v) is 9.23. The number of carbonyl (C=O) groups excluding carboxylic acids is 2. The number of fused-ring (bicyclic) bond motifs is 1. The lowest BCUT2D eigenvalue weighted by Crippen LogP contribution is -2.38. The van der Waals surface area contributed by atoms with E-state index in [1.54, 1.807) is 0 Å². The summed E-state index contributed by atoms with van der Waals surface area (Å²) >= 11 is 0. The van der Waals surface area contributed by atoms with Gasteiger partial charge in [-0.1, -0.05) is 31.4 Å². The Morgan fingerprint density at radius 1 is 1.00 bits per heavy atom. The summed E-state index contributed by atoms with van der Waals surface area (Å²) in [5.41, 5.74) is 1.92. The summed E-state index contributed by atoms with van der Waals surface area (Å²) in [6.07, 6.45) is 9.90. The van der Waals surface area contributed by atoms with Crippen LogP contribution in [0, 0.1) is 0 Å². The van der Waals surface area contributed by atoms with E-state index in [0.29, 0.717) is 19.0 Å². The number of likely N-dealkylation sites (tertiary alicyclic amines) is 2. The van der Waals surface area contributed by atoms with Gasteiger partial charge in [0.2, 0.25) is 11.8 Å². The number of amides is 2. The fourth-order valence-electron chi connectivity index (χ4n) is 5.60. The highest BCUT2D eigenvalue weighted by atomic mass is 16.2. The van der Waals surface area contributed by atoms with Gasteiger partial charge in [-0.15, -0.1) is 0 Å². The number of aromatic nitrogens is 2. The van der Waals surface area contributed by atoms with Crippen LogP contribution in [0.4, 0.5) is 0 Å². The van der Waals surface area contributed by atoms with Crippen LogP contribution in [0.25, 0.3) is 11.0 Å². The van der Waals surface area contributed by atoms with E-state index in [1.807, 2.05) is 29.2 Å². The van der Waals surface area contributed by atoms with Gasteiger partial charge in [0.25, 0.3) is 0 Å². The van der Waals surface area contributed by atoms with Gasteiger partial charge >= 0.3 is 0 Å². The Kier molecular flexibility index (Phi) is 5.48. The average molecular weight is 409 g/mol. The lowest BCUT2D eigenvalue weighted by molar-refractivity contribution is -0.132. The number of para-hydroxylation sites is 2. The van der Waals surface area contributed by atoms with Crippen molar-refractivity contribution in [2.75, 3.05) is 19.6 Å². The van der Waals surface area contributed by atoms with Crippen molar-refractivity contribution >= 4 is 22.8 Å². The molecule has 0 radical (unpaired) electrons. The summed E-state index contributed by atoms with van der Waals surface area (Å²) in [6.45, 7) is 2.78. The highest BCUT2D eigenvalue weighted by molar-refractivity contribution is 5.83. The zero-order valence-electron chi connectivity index (χ0n) is 17.8. The minimum absolute atomic E-state index is 0.0704. The van der Waals surface area contributed by atoms with Crippen molar-refractivity contribution in [2.24, 2.45) is 0 Å². The molecule has 1 aromatic heterocycles. The SMILES string of the molecule is O=C(Cn1c([C@H]2CC(=O)N(C3CCCCC3)C2)nc2ccccc21)N1CCCCC1. The zero-order chi connectivity index (χ0) is 20.5. The first-order chi connectivity index (χ1) is 14.7. The molecular weight excluding hydrogens is 376 g/mol. The molecule has 2 amide bonds. The molecule has 1 aliphatic carbocycles. The fraction of sp³-hybridized carbons (Fsp3) is 0.625. The van der Waals surface area contributed by atoms with E-state index in [0.717, 1.165) is 62.2 Å². The van der Waals surface area contributed by atoms with Gasteiger partial charge < -0.3 is 14.4 Å². The van der Waals surface area contributed by atoms with Crippen LogP contribution >= 0.6 is 0 Å². The van der Waals surface area contributed by atoms with Crippen LogP contribution in [0.15, 0.2) is 24.3 Å². The molecule has 0 spiro atoms. The Balaban J connectivity index is 1.42. The van der Waals surface area contributed by atoms with Crippen LogP contribution in [0.5, 0.6) is 0 Å². The Bertz CT molecular complexity index is 924. The molecule has 1 saturated carbocycles. The number of benzene rings is 1. The molecule has 0 bridgehead atoms. The maximum atomic E-state index is 13.1. The molecular formula is C24H32N4O2. The highest BCUT2D eigenvalue weighted by Crippen LogP contribution is 2.34. The van der Waals surface area contributed by atoms with Crippen molar-refractivity contribution in [3.05, 3.63) is 30.1 Å². The molecule has 160 valence electrons. The molecule has 0 unspecified atom stereocenters. The predicted molar refractivity (Wildman–Crippen MR) is 116 cm³/mol. The second kappa shape index (κ2) is 8.40. The molecule has 5 rings (SSSR count). The summed E-state index contributed by atoms with van der Waals surface area (Å²) < 4.78 is 2.09. The quantitative estimate of drug-likeness (QED) is 0.775. The molecule has 2 aliphatic heterocycles. The van der Waals surface area contributed by atoms with E-state index in [1.165, 1.54) is 25.7 Å². The van der Waals surface area contributed by atoms with Crippen LogP contribution in [-0.4, -0.2) is 56.8 Å². The maximum Gasteiger partial charge on any atom is 0.242 e. The maximum absolute atomic E-state index is 13.1. The number of hydrogen-bond acceptors (Lipinski definition) is 3. The van der Waals surface area contributed by atoms with Crippen molar-refractivity contribution in [2.45, 2.75) is 76.3 Å². The Morgan fingerprint density at radius 2 is 1.73 bits per heavy atom. The van der Waals surface area contributed by atoms with E-state index < -0.39 is 0 Å². The third kappa shape index (κ3) is 3.72. The molecule has 3 fully saturated rings. The van der Waals surface area contributed by atoms with Gasteiger partial charge in [-0.05, 0) is 44.2 Å². The first kappa shape index (κ1) is 19.6. The number of carbonyl (C=O) groups is 2. The van der Waals surface area contributed by atoms with E-state index in [9.17, 15) is 9.59 Å². The number of rotatable bonds is 4. The minimum Gasteiger partial charge on any atom is -0.341 e. The fourth-order valence-corrected chi connectivity index (χ4v) is 5.60. The van der Waals surface area contributed by atoms with Gasteiger partial charge in [-0.25, -0.2) is 4.98 Å². The molecule has 1 aromatic carbocycles. The standard InChI is InChI=1S/C24H32N4O2/c29-22-15-18(16-27(22)19-9-3-1-4-10-19)24-25-20-11-5-6-12-21(20)28(24)17-23(30)26-13-7-2-8-14-26/h5-6,11-12,18-19H,1-4,7-10,13-17H2/t18-/m0/s1. The van der Waals surface area contributed by atoms with Crippen molar-refractivity contribution in [1.29, 1.82) is 0 Å². The van der Waals surface area contributed by atoms with Gasteiger partial charge in [-0.2, -0.15) is 0 Å². The lowest BCUT2D eigenvalue weighted by atomic mass is 9.94. The normalized spacial score (nSPS) is 23.5. The number of hydrogen-bond donors (Lipinski definition) is 0. The minimum atomic E-state index is 0.0704. The lowest BCUT2D eigenvalue weighted by Gasteiger charge is -2.31. The third-order valence-electron chi connectivity index (χ3n) is 7.23. The van der Waals surface area contributed by atoms with Crippen LogP contribution in [0.1, 0.15) is 69.5 Å². The molecule has 6 nitrogen and oxygen atoms in total. The summed E-state index contributed by atoms with van der Waals surface area (Å²) in [4.78, 5) is 34.9. The summed E-state index contributed by atoms with van der Waals surface area (Å²) in [5.74, 6) is 1.41. The van der Waals surface area contributed by atoms with Crippen LogP contribution in [0.2, 0.25) is 0 Å². The van der Waals surface area contributed by atoms with Crippen molar-refractivity contribution in [1.82, 2.24) is 19.4 Å². The predicted octanol–water partition coefficient (Wildman–Crippen LogP) is 3.70. The number of piperidine rings is 1. The van der Waals surface area contributed by atoms with E-state index in [2.05, 4.69) is 9.47 Å². The van der Waals surface area contributed by atoms with Crippen molar-refractivity contribution in [3.63, 3.8) is 0 Å². The van der Waals surface area contributed by atoms with E-state index >= 15 is 0 Å². The smallest absolute Gasteiger partial charge is 0.242 e. The van der Waals surface area contributed by atoms with Crippen LogP contribution in [-0.2, 0) is 16.1 Å². The average Bonchev–Trinajstić information content (AvgIpc) is 3.35. The number of imidazole rings is 1. The Labute approximate surface area is 178 Å². The molecule has 0 N–H and O–H groups in total. The van der Waals surface area contributed by atoms with Crippen LogP contribution in [0.3, 0.4) is 0 Å². The topological polar surface area (TPSA) is 58.4 Å². The van der Waals surface area contributed by atoms with Gasteiger partial charge in [0.1, 0.15) is 12.4 Å². The Hall–Kier alpha value is -2.37. The van der Waals surface area contributed by atoms with Gasteiger partial charge in [0.15, 0.2) is 0 Å². The van der Waals surface area contributed by atoms with Gasteiger partial charge in [0.05, 0.1) is 11.0 Å². The zero-order valence-corrected chi connectivity index (χ0v) is 17.8. The number of nitrogens with zero attached hydrogens (tertiary/aromatic N) is 4. The summed E-state index contributed by atoms with van der Waals surface area (Å²) in [5, 5.41) is 0. The third-order valence-corrected chi connectivity index (χ3v) is 7.23. The second-order valence-electron chi connectivity index (χ2n) is 9.23. The van der Waals surface area contributed by atoms with Crippen molar-refractivity contribution in [3.8, 4) is 0 Å². The molecule has 2 saturated heterocycles. The summed E-state index contributed by atoms with van der Waals surface area (Å²) in [7, 11) is 0. The van der Waals surface area contributed by atoms with E-state index in [4.69, 9.17) is 4.98 Å². The summed E-state index contributed by atoms with van der Waals surface area (Å²) in [6, 6.07) is 8.44. The highest BCUT2D eigenvalue weighted by Gasteiger charge is 2.38. The molecule has 1 atom stereocenters. The molecule has 30 heavy (non-hydrogen) atoms. The monoisotopic (exact) mass is 408 g/mol. The molecule has 2 aromatic rings. The van der Waals surface area contributed by atoms with Gasteiger partial charge in [-0.3, -0.25) is 9.59 Å². The molecule has 6 heteroatoms.